The minimum atomic E-state index is -0.430. The number of rotatable bonds is 5. The molecule has 0 unspecified atom stereocenters. The van der Waals surface area contributed by atoms with Gasteiger partial charge in [0.15, 0.2) is 4.80 Å². The van der Waals surface area contributed by atoms with Gasteiger partial charge in [-0.1, -0.05) is 52.2 Å². The summed E-state index contributed by atoms with van der Waals surface area (Å²) in [7, 11) is 0. The first-order valence-electron chi connectivity index (χ1n) is 7.40. The van der Waals surface area contributed by atoms with Crippen molar-refractivity contribution in [1.82, 2.24) is 4.57 Å². The Kier molecular flexibility index (Phi) is 6.20. The Morgan fingerprint density at radius 1 is 1.28 bits per heavy atom. The molecule has 9 heteroatoms. The third-order valence-corrected chi connectivity index (χ3v) is 6.24. The van der Waals surface area contributed by atoms with E-state index in [0.29, 0.717) is 43.8 Å². The van der Waals surface area contributed by atoms with E-state index in [1.807, 2.05) is 29.7 Å². The number of benzene rings is 1. The van der Waals surface area contributed by atoms with Crippen LogP contribution in [0.5, 0.6) is 0 Å². The van der Waals surface area contributed by atoms with E-state index >= 15 is 0 Å². The molecule has 0 N–H and O–H groups in total. The Balaban J connectivity index is 2.10. The Labute approximate surface area is 167 Å². The molecule has 0 spiro atoms. The smallest absolute Gasteiger partial charge is 0.282 e. The van der Waals surface area contributed by atoms with Crippen molar-refractivity contribution in [2.24, 2.45) is 4.99 Å². The first kappa shape index (κ1) is 18.9. The highest BCUT2D eigenvalue weighted by Crippen LogP contribution is 2.31. The Hall–Kier alpha value is -0.890. The highest BCUT2D eigenvalue weighted by Gasteiger charge is 2.15. The molecule has 0 saturated carbocycles. The molecule has 0 radical (unpaired) electrons. The lowest BCUT2D eigenvalue weighted by Crippen LogP contribution is -2.19. The second-order valence-corrected chi connectivity index (χ2v) is 8.68. The van der Waals surface area contributed by atoms with Gasteiger partial charge in [0.25, 0.3) is 5.91 Å². The van der Waals surface area contributed by atoms with Crippen LogP contribution in [0.3, 0.4) is 0 Å². The van der Waals surface area contributed by atoms with Crippen molar-refractivity contribution >= 4 is 73.6 Å². The fourth-order valence-corrected chi connectivity index (χ4v) is 5.17. The number of hydrogen-bond donors (Lipinski definition) is 0. The zero-order chi connectivity index (χ0) is 18.0. The summed E-state index contributed by atoms with van der Waals surface area (Å²) in [6, 6.07) is 7.16. The lowest BCUT2D eigenvalue weighted by molar-refractivity contribution is 0.0997. The number of ether oxygens (including phenoxy) is 1. The maximum Gasteiger partial charge on any atom is 0.282 e. The summed E-state index contributed by atoms with van der Waals surface area (Å²) in [5.41, 5.74) is 1.14. The lowest BCUT2D eigenvalue weighted by atomic mass is 10.3. The molecule has 1 amide bonds. The van der Waals surface area contributed by atoms with Crippen LogP contribution in [-0.4, -0.2) is 23.7 Å². The first-order valence-corrected chi connectivity index (χ1v) is 10.2. The minimum Gasteiger partial charge on any atom is -0.380 e. The Bertz CT molecular complexity index is 991. The van der Waals surface area contributed by atoms with Crippen LogP contribution < -0.4 is 4.80 Å². The van der Waals surface area contributed by atoms with Gasteiger partial charge >= 0.3 is 0 Å². The fourth-order valence-electron chi connectivity index (χ4n) is 2.31. The van der Waals surface area contributed by atoms with Crippen molar-refractivity contribution in [2.75, 3.05) is 13.2 Å². The van der Waals surface area contributed by atoms with Crippen molar-refractivity contribution < 1.29 is 9.53 Å². The molecular formula is C16H13Cl3N2O2S2. The van der Waals surface area contributed by atoms with Crippen LogP contribution in [0.2, 0.25) is 13.7 Å². The monoisotopic (exact) mass is 434 g/mol. The summed E-state index contributed by atoms with van der Waals surface area (Å²) in [5.74, 6) is -0.430. The lowest BCUT2D eigenvalue weighted by Gasteiger charge is -2.06. The molecule has 3 rings (SSSR count). The van der Waals surface area contributed by atoms with Crippen molar-refractivity contribution in [3.8, 4) is 0 Å². The van der Waals surface area contributed by atoms with Crippen molar-refractivity contribution in [1.29, 1.82) is 0 Å². The van der Waals surface area contributed by atoms with Crippen LogP contribution in [0.1, 0.15) is 17.3 Å². The number of aromatic nitrogens is 1. The molecule has 2 heterocycles. The average molecular weight is 436 g/mol. The van der Waals surface area contributed by atoms with Gasteiger partial charge in [0, 0.05) is 13.2 Å². The van der Waals surface area contributed by atoms with Gasteiger partial charge < -0.3 is 9.30 Å². The van der Waals surface area contributed by atoms with Crippen molar-refractivity contribution in [3.63, 3.8) is 0 Å². The number of carbonyl (C=O) groups is 1. The summed E-state index contributed by atoms with van der Waals surface area (Å²) in [6.07, 6.45) is 0. The average Bonchev–Trinajstić information content (AvgIpc) is 3.08. The SMILES string of the molecule is CCOCCn1c(=NC(=O)c2cc(Cl)sc2Cl)sc2cccc(Cl)c21. The van der Waals surface area contributed by atoms with Gasteiger partial charge in [-0.3, -0.25) is 4.79 Å². The quantitative estimate of drug-likeness (QED) is 0.496. The van der Waals surface area contributed by atoms with Gasteiger partial charge in [-0.15, -0.1) is 11.3 Å². The van der Waals surface area contributed by atoms with Gasteiger partial charge in [0.05, 0.1) is 31.7 Å². The van der Waals surface area contributed by atoms with E-state index in [-0.39, 0.29) is 0 Å². The molecule has 0 fully saturated rings. The standard InChI is InChI=1S/C16H13Cl3N2O2S2/c1-2-23-7-6-21-13-10(17)4-3-5-11(13)24-16(21)20-15(22)9-8-12(18)25-14(9)19/h3-5,8H,2,6-7H2,1H3. The Morgan fingerprint density at radius 3 is 2.76 bits per heavy atom. The predicted octanol–water partition coefficient (Wildman–Crippen LogP) is 5.50. The molecule has 3 aromatic rings. The van der Waals surface area contributed by atoms with Crippen molar-refractivity contribution in [3.05, 3.63) is 48.3 Å². The van der Waals surface area contributed by atoms with E-state index in [2.05, 4.69) is 4.99 Å². The van der Waals surface area contributed by atoms with Crippen LogP contribution in [0, 0.1) is 0 Å². The molecule has 0 bridgehead atoms. The van der Waals surface area contributed by atoms with Crippen LogP contribution >= 0.6 is 57.5 Å². The van der Waals surface area contributed by atoms with E-state index in [1.165, 1.54) is 17.4 Å². The number of carbonyl (C=O) groups excluding carboxylic acids is 1. The molecule has 0 atom stereocenters. The molecule has 0 saturated heterocycles. The summed E-state index contributed by atoms with van der Waals surface area (Å²) in [6.45, 7) is 3.59. The van der Waals surface area contributed by atoms with Gasteiger partial charge in [-0.25, -0.2) is 0 Å². The van der Waals surface area contributed by atoms with Crippen molar-refractivity contribution in [2.45, 2.75) is 13.5 Å². The summed E-state index contributed by atoms with van der Waals surface area (Å²) >= 11 is 20.9. The molecular weight excluding hydrogens is 423 g/mol. The van der Waals surface area contributed by atoms with E-state index in [9.17, 15) is 4.79 Å². The third-order valence-electron chi connectivity index (χ3n) is 3.40. The fraction of sp³-hybridized carbons (Fsp3) is 0.250. The minimum absolute atomic E-state index is 0.302. The number of halogens is 3. The molecule has 4 nitrogen and oxygen atoms in total. The number of fused-ring (bicyclic) bond motifs is 1. The van der Waals surface area contributed by atoms with Gasteiger partial charge in [0.1, 0.15) is 4.34 Å². The zero-order valence-corrected chi connectivity index (χ0v) is 17.0. The molecule has 0 aliphatic carbocycles. The largest absolute Gasteiger partial charge is 0.380 e. The second-order valence-electron chi connectivity index (χ2n) is 4.97. The highest BCUT2D eigenvalue weighted by atomic mass is 35.5. The molecule has 132 valence electrons. The normalized spacial score (nSPS) is 12.2. The van der Waals surface area contributed by atoms with Crippen LogP contribution in [0.15, 0.2) is 29.3 Å². The second kappa shape index (κ2) is 8.20. The zero-order valence-electron chi connectivity index (χ0n) is 13.1. The van der Waals surface area contributed by atoms with Gasteiger partial charge in [-0.2, -0.15) is 4.99 Å². The molecule has 2 aromatic heterocycles. The van der Waals surface area contributed by atoms with E-state index in [0.717, 1.165) is 21.6 Å². The molecule has 1 aromatic carbocycles. The van der Waals surface area contributed by atoms with Crippen LogP contribution in [0.25, 0.3) is 10.2 Å². The maximum atomic E-state index is 12.5. The van der Waals surface area contributed by atoms with E-state index in [4.69, 9.17) is 39.5 Å². The number of para-hydroxylation sites is 1. The number of hydrogen-bond acceptors (Lipinski definition) is 4. The highest BCUT2D eigenvalue weighted by molar-refractivity contribution is 7.20. The number of thiophene rings is 1. The van der Waals surface area contributed by atoms with Crippen LogP contribution in [-0.2, 0) is 11.3 Å². The van der Waals surface area contributed by atoms with E-state index < -0.39 is 5.91 Å². The predicted molar refractivity (Wildman–Crippen MR) is 106 cm³/mol. The number of nitrogens with zero attached hydrogens (tertiary/aromatic N) is 2. The summed E-state index contributed by atoms with van der Waals surface area (Å²) < 4.78 is 9.07. The molecule has 0 aliphatic rings. The topological polar surface area (TPSA) is 43.6 Å². The Morgan fingerprint density at radius 2 is 2.08 bits per heavy atom. The molecule has 0 aliphatic heterocycles. The van der Waals surface area contributed by atoms with Gasteiger partial charge in [0.2, 0.25) is 0 Å². The maximum absolute atomic E-state index is 12.5. The van der Waals surface area contributed by atoms with Crippen LogP contribution in [0.4, 0.5) is 0 Å². The first-order chi connectivity index (χ1) is 12.0. The summed E-state index contributed by atoms with van der Waals surface area (Å²) in [5, 5.41) is 0.607. The van der Waals surface area contributed by atoms with Gasteiger partial charge in [-0.05, 0) is 25.1 Å². The number of amides is 1. The molecule has 25 heavy (non-hydrogen) atoms. The van der Waals surface area contributed by atoms with E-state index in [1.54, 1.807) is 0 Å². The third kappa shape index (κ3) is 4.10. The summed E-state index contributed by atoms with van der Waals surface area (Å²) in [4.78, 5) is 17.3. The number of thiazole rings is 1.